The van der Waals surface area contributed by atoms with Crippen molar-refractivity contribution in [3.05, 3.63) is 62.6 Å². The van der Waals surface area contributed by atoms with Gasteiger partial charge in [0.05, 0.1) is 20.6 Å². The second-order valence-electron chi connectivity index (χ2n) is 3.86. The molecule has 0 aromatic heterocycles. The molecule has 0 amide bonds. The zero-order valence-corrected chi connectivity index (χ0v) is 12.3. The van der Waals surface area contributed by atoms with E-state index in [1.54, 1.807) is 0 Å². The first-order valence-corrected chi connectivity index (χ1v) is 6.65. The molecule has 6 heteroatoms. The van der Waals surface area contributed by atoms with Crippen LogP contribution in [0.25, 0.3) is 0 Å². The molecular formula is C14H7BrClF2NO. The number of ether oxygens (including phenoxy) is 1. The third kappa shape index (κ3) is 3.09. The zero-order chi connectivity index (χ0) is 14.7. The van der Waals surface area contributed by atoms with Crippen LogP contribution in [0, 0.1) is 23.0 Å². The first-order valence-electron chi connectivity index (χ1n) is 5.47. The molecule has 0 aliphatic carbocycles. The Morgan fingerprint density at radius 3 is 2.65 bits per heavy atom. The van der Waals surface area contributed by atoms with Gasteiger partial charge in [0, 0.05) is 6.07 Å². The average Bonchev–Trinajstić information content (AvgIpc) is 2.43. The van der Waals surface area contributed by atoms with E-state index in [1.165, 1.54) is 24.3 Å². The molecule has 0 aliphatic heterocycles. The standard InChI is InChI=1S/C14H7BrClF2NO/c15-11-3-4-13(17)10(14(11)18)7-20-9-2-1-8(6-19)12(16)5-9/h1-5H,7H2. The van der Waals surface area contributed by atoms with E-state index in [9.17, 15) is 8.78 Å². The Balaban J connectivity index is 2.20. The van der Waals surface area contributed by atoms with Crippen molar-refractivity contribution in [2.24, 2.45) is 0 Å². The van der Waals surface area contributed by atoms with Gasteiger partial charge in [-0.05, 0) is 40.2 Å². The summed E-state index contributed by atoms with van der Waals surface area (Å²) in [5.41, 5.74) is 0.124. The number of nitrogens with zero attached hydrogens (tertiary/aromatic N) is 1. The fourth-order valence-electron chi connectivity index (χ4n) is 1.53. The molecule has 0 fully saturated rings. The first kappa shape index (κ1) is 14.8. The van der Waals surface area contributed by atoms with Crippen LogP contribution < -0.4 is 4.74 Å². The van der Waals surface area contributed by atoms with E-state index < -0.39 is 11.6 Å². The van der Waals surface area contributed by atoms with Crippen LogP contribution in [-0.2, 0) is 6.61 Å². The molecule has 2 aromatic carbocycles. The Morgan fingerprint density at radius 2 is 2.00 bits per heavy atom. The number of rotatable bonds is 3. The number of hydrogen-bond donors (Lipinski definition) is 0. The van der Waals surface area contributed by atoms with E-state index >= 15 is 0 Å². The summed E-state index contributed by atoms with van der Waals surface area (Å²) in [5.74, 6) is -1.07. The predicted octanol–water partition coefficient (Wildman–Crippen LogP) is 4.83. The summed E-state index contributed by atoms with van der Waals surface area (Å²) in [6.45, 7) is -0.278. The Morgan fingerprint density at radius 1 is 1.25 bits per heavy atom. The van der Waals surface area contributed by atoms with Crippen LogP contribution in [0.1, 0.15) is 11.1 Å². The smallest absolute Gasteiger partial charge is 0.146 e. The summed E-state index contributed by atoms with van der Waals surface area (Å²) in [6.07, 6.45) is 0. The van der Waals surface area contributed by atoms with E-state index in [0.717, 1.165) is 6.07 Å². The minimum atomic E-state index is -0.704. The fourth-order valence-corrected chi connectivity index (χ4v) is 2.12. The SMILES string of the molecule is N#Cc1ccc(OCc2c(F)ccc(Br)c2F)cc1Cl. The second kappa shape index (κ2) is 6.21. The Labute approximate surface area is 127 Å². The van der Waals surface area contributed by atoms with E-state index in [4.69, 9.17) is 21.6 Å². The molecule has 2 nitrogen and oxygen atoms in total. The van der Waals surface area contributed by atoms with Crippen molar-refractivity contribution in [1.82, 2.24) is 0 Å². The highest BCUT2D eigenvalue weighted by molar-refractivity contribution is 9.10. The minimum absolute atomic E-state index is 0.162. The molecule has 0 spiro atoms. The second-order valence-corrected chi connectivity index (χ2v) is 5.13. The lowest BCUT2D eigenvalue weighted by atomic mass is 10.2. The van der Waals surface area contributed by atoms with Crippen molar-refractivity contribution in [3.63, 3.8) is 0 Å². The molecule has 0 unspecified atom stereocenters. The summed E-state index contributed by atoms with van der Waals surface area (Å²) >= 11 is 8.82. The molecule has 0 bridgehead atoms. The van der Waals surface area contributed by atoms with Crippen LogP contribution in [0.3, 0.4) is 0 Å². The van der Waals surface area contributed by atoms with Gasteiger partial charge in [0.1, 0.15) is 30.1 Å². The molecular weight excluding hydrogens is 352 g/mol. The van der Waals surface area contributed by atoms with Crippen molar-refractivity contribution in [2.45, 2.75) is 6.61 Å². The van der Waals surface area contributed by atoms with Gasteiger partial charge in [0.25, 0.3) is 0 Å². The number of halogens is 4. The maximum Gasteiger partial charge on any atom is 0.146 e. The molecule has 102 valence electrons. The largest absolute Gasteiger partial charge is 0.489 e. The van der Waals surface area contributed by atoms with Crippen molar-refractivity contribution >= 4 is 27.5 Å². The van der Waals surface area contributed by atoms with Gasteiger partial charge in [-0.2, -0.15) is 5.26 Å². The van der Waals surface area contributed by atoms with Crippen LogP contribution >= 0.6 is 27.5 Å². The first-order chi connectivity index (χ1) is 9.52. The Bertz CT molecular complexity index is 700. The van der Waals surface area contributed by atoms with Gasteiger partial charge in [-0.15, -0.1) is 0 Å². The van der Waals surface area contributed by atoms with Gasteiger partial charge in [-0.1, -0.05) is 11.6 Å². The van der Waals surface area contributed by atoms with Crippen LogP contribution in [0.2, 0.25) is 5.02 Å². The van der Waals surface area contributed by atoms with Crippen LogP contribution in [0.15, 0.2) is 34.8 Å². The van der Waals surface area contributed by atoms with E-state index in [-0.39, 0.29) is 21.7 Å². The maximum absolute atomic E-state index is 13.7. The highest BCUT2D eigenvalue weighted by Crippen LogP contribution is 2.25. The van der Waals surface area contributed by atoms with Gasteiger partial charge >= 0.3 is 0 Å². The van der Waals surface area contributed by atoms with Gasteiger partial charge in [-0.25, -0.2) is 8.78 Å². The number of nitriles is 1. The number of benzene rings is 2. The molecule has 0 atom stereocenters. The van der Waals surface area contributed by atoms with Gasteiger partial charge < -0.3 is 4.74 Å². The summed E-state index contributed by atoms with van der Waals surface area (Å²) in [5, 5.41) is 8.96. The average molecular weight is 359 g/mol. The summed E-state index contributed by atoms with van der Waals surface area (Å²) < 4.78 is 32.7. The van der Waals surface area contributed by atoms with Crippen LogP contribution in [0.5, 0.6) is 5.75 Å². The molecule has 20 heavy (non-hydrogen) atoms. The Hall–Kier alpha value is -1.64. The predicted molar refractivity (Wildman–Crippen MR) is 74.6 cm³/mol. The van der Waals surface area contributed by atoms with E-state index in [1.807, 2.05) is 6.07 Å². The molecule has 0 saturated carbocycles. The van der Waals surface area contributed by atoms with Gasteiger partial charge in [-0.3, -0.25) is 0 Å². The Kier molecular flexibility index (Phi) is 4.58. The summed E-state index contributed by atoms with van der Waals surface area (Å²) in [4.78, 5) is 0. The van der Waals surface area contributed by atoms with E-state index in [2.05, 4.69) is 15.9 Å². The van der Waals surface area contributed by atoms with Crippen molar-refractivity contribution in [2.75, 3.05) is 0 Å². The zero-order valence-electron chi connectivity index (χ0n) is 9.96. The normalized spacial score (nSPS) is 10.2. The highest BCUT2D eigenvalue weighted by Gasteiger charge is 2.13. The third-order valence-corrected chi connectivity index (χ3v) is 3.51. The van der Waals surface area contributed by atoms with Crippen LogP contribution in [0.4, 0.5) is 8.78 Å². The lowest BCUT2D eigenvalue weighted by molar-refractivity contribution is 0.292. The summed E-state index contributed by atoms with van der Waals surface area (Å²) in [7, 11) is 0. The van der Waals surface area contributed by atoms with Crippen LogP contribution in [-0.4, -0.2) is 0 Å². The quantitative estimate of drug-likeness (QED) is 0.736. The van der Waals surface area contributed by atoms with Gasteiger partial charge in [0.2, 0.25) is 0 Å². The molecule has 2 rings (SSSR count). The molecule has 0 N–H and O–H groups in total. The number of hydrogen-bond acceptors (Lipinski definition) is 2. The lowest BCUT2D eigenvalue weighted by Gasteiger charge is -2.09. The topological polar surface area (TPSA) is 33.0 Å². The summed E-state index contributed by atoms with van der Waals surface area (Å²) in [6, 6.07) is 8.76. The van der Waals surface area contributed by atoms with Crippen molar-refractivity contribution in [3.8, 4) is 11.8 Å². The fraction of sp³-hybridized carbons (Fsp3) is 0.0714. The van der Waals surface area contributed by atoms with Crippen molar-refractivity contribution < 1.29 is 13.5 Å². The third-order valence-electron chi connectivity index (χ3n) is 2.58. The lowest BCUT2D eigenvalue weighted by Crippen LogP contribution is -2.02. The minimum Gasteiger partial charge on any atom is -0.489 e. The van der Waals surface area contributed by atoms with Gasteiger partial charge in [0.15, 0.2) is 0 Å². The molecule has 0 heterocycles. The molecule has 2 aromatic rings. The maximum atomic E-state index is 13.7. The highest BCUT2D eigenvalue weighted by atomic mass is 79.9. The van der Waals surface area contributed by atoms with Crippen molar-refractivity contribution in [1.29, 1.82) is 5.26 Å². The molecule has 0 aliphatic rings. The molecule has 0 saturated heterocycles. The molecule has 0 radical (unpaired) electrons. The van der Waals surface area contributed by atoms with E-state index in [0.29, 0.717) is 11.3 Å². The monoisotopic (exact) mass is 357 g/mol.